The number of piperidine rings is 1. The van der Waals surface area contributed by atoms with E-state index >= 15 is 0 Å². The molecule has 0 aromatic carbocycles. The van der Waals surface area contributed by atoms with Crippen LogP contribution in [0.15, 0.2) is 12.4 Å². The topological polar surface area (TPSA) is 29.0 Å². The molecule has 0 N–H and O–H groups in total. The summed E-state index contributed by atoms with van der Waals surface area (Å²) in [4.78, 5) is 10.1. The molecule has 1 atom stereocenters. The van der Waals surface area contributed by atoms with Crippen LogP contribution in [-0.4, -0.2) is 28.9 Å². The van der Waals surface area contributed by atoms with E-state index in [1.165, 1.54) is 18.8 Å². The summed E-state index contributed by atoms with van der Waals surface area (Å²) in [5.74, 6) is 1.54. The first-order valence-electron chi connectivity index (χ1n) is 5.58. The van der Waals surface area contributed by atoms with Crippen molar-refractivity contribution in [3.63, 3.8) is 0 Å². The quantitative estimate of drug-likeness (QED) is 0.764. The summed E-state index contributed by atoms with van der Waals surface area (Å²) >= 11 is 5.75. The first kappa shape index (κ1) is 11.6. The second kappa shape index (κ2) is 5.43. The lowest BCUT2D eigenvalue weighted by Gasteiger charge is -2.32. The maximum atomic E-state index is 12.7. The third kappa shape index (κ3) is 2.82. The molecule has 0 aliphatic carbocycles. The van der Waals surface area contributed by atoms with Gasteiger partial charge in [-0.2, -0.15) is 0 Å². The number of halogens is 2. The zero-order valence-electron chi connectivity index (χ0n) is 9.07. The smallest absolute Gasteiger partial charge is 0.225 e. The van der Waals surface area contributed by atoms with Gasteiger partial charge in [-0.15, -0.1) is 11.6 Å². The molecule has 1 aliphatic heterocycles. The monoisotopic (exact) mass is 243 g/mol. The van der Waals surface area contributed by atoms with Crippen molar-refractivity contribution in [1.29, 1.82) is 0 Å². The van der Waals surface area contributed by atoms with Gasteiger partial charge in [-0.25, -0.2) is 14.4 Å². The molecule has 1 unspecified atom stereocenters. The van der Waals surface area contributed by atoms with E-state index in [9.17, 15) is 4.39 Å². The highest BCUT2D eigenvalue weighted by atomic mass is 35.5. The Balaban J connectivity index is 2.01. The molecular formula is C11H15ClFN3. The Kier molecular flexibility index (Phi) is 3.93. The van der Waals surface area contributed by atoms with Gasteiger partial charge in [0.05, 0.1) is 12.4 Å². The maximum Gasteiger partial charge on any atom is 0.225 e. The van der Waals surface area contributed by atoms with Gasteiger partial charge in [0.15, 0.2) is 5.82 Å². The summed E-state index contributed by atoms with van der Waals surface area (Å²) in [5, 5.41) is 0. The van der Waals surface area contributed by atoms with Gasteiger partial charge in [0.2, 0.25) is 5.95 Å². The molecule has 16 heavy (non-hydrogen) atoms. The van der Waals surface area contributed by atoms with Crippen LogP contribution in [-0.2, 0) is 0 Å². The third-order valence-corrected chi connectivity index (χ3v) is 3.14. The Bertz CT molecular complexity index is 329. The van der Waals surface area contributed by atoms with Gasteiger partial charge in [-0.05, 0) is 25.2 Å². The lowest BCUT2D eigenvalue weighted by molar-refractivity contribution is 0.402. The molecule has 0 spiro atoms. The van der Waals surface area contributed by atoms with E-state index in [4.69, 9.17) is 11.6 Å². The van der Waals surface area contributed by atoms with Crippen LogP contribution in [0.1, 0.15) is 19.3 Å². The van der Waals surface area contributed by atoms with Crippen molar-refractivity contribution >= 4 is 17.5 Å². The highest BCUT2D eigenvalue weighted by Crippen LogP contribution is 2.22. The lowest BCUT2D eigenvalue weighted by Crippen LogP contribution is -2.36. The summed E-state index contributed by atoms with van der Waals surface area (Å²) in [6.07, 6.45) is 5.80. The molecule has 0 amide bonds. The van der Waals surface area contributed by atoms with E-state index in [2.05, 4.69) is 14.9 Å². The van der Waals surface area contributed by atoms with Crippen LogP contribution in [0, 0.1) is 11.7 Å². The number of rotatable bonds is 3. The highest BCUT2D eigenvalue weighted by molar-refractivity contribution is 6.17. The van der Waals surface area contributed by atoms with Gasteiger partial charge in [0, 0.05) is 19.0 Å². The second-order valence-corrected chi connectivity index (χ2v) is 4.51. The van der Waals surface area contributed by atoms with Crippen molar-refractivity contribution in [1.82, 2.24) is 9.97 Å². The Morgan fingerprint density at radius 1 is 1.44 bits per heavy atom. The summed E-state index contributed by atoms with van der Waals surface area (Å²) in [7, 11) is 0. The van der Waals surface area contributed by atoms with E-state index in [0.717, 1.165) is 25.9 Å². The van der Waals surface area contributed by atoms with Crippen LogP contribution < -0.4 is 4.90 Å². The molecule has 1 aliphatic rings. The average molecular weight is 244 g/mol. The Labute approximate surface area is 99.6 Å². The molecule has 88 valence electrons. The summed E-state index contributed by atoms with van der Waals surface area (Å²) in [6, 6.07) is 0. The summed E-state index contributed by atoms with van der Waals surface area (Å²) in [6.45, 7) is 1.88. The second-order valence-electron chi connectivity index (χ2n) is 4.13. The predicted octanol–water partition coefficient (Wildman–Crippen LogP) is 2.46. The molecule has 3 nitrogen and oxygen atoms in total. The van der Waals surface area contributed by atoms with Crippen LogP contribution in [0.4, 0.5) is 10.3 Å². The van der Waals surface area contributed by atoms with Crippen molar-refractivity contribution in [3.05, 3.63) is 18.2 Å². The summed E-state index contributed by atoms with van der Waals surface area (Å²) in [5.41, 5.74) is 0. The number of aromatic nitrogens is 2. The zero-order valence-corrected chi connectivity index (χ0v) is 9.83. The van der Waals surface area contributed by atoms with E-state index in [1.54, 1.807) is 0 Å². The summed E-state index contributed by atoms with van der Waals surface area (Å²) < 4.78 is 12.7. The molecule has 1 aromatic heterocycles. The molecule has 0 radical (unpaired) electrons. The molecule has 2 heterocycles. The van der Waals surface area contributed by atoms with Gasteiger partial charge < -0.3 is 4.90 Å². The van der Waals surface area contributed by atoms with E-state index in [1.807, 2.05) is 0 Å². The standard InChI is InChI=1S/C11H15ClFN3/c12-4-3-9-2-1-5-16(8-9)11-14-6-10(13)7-15-11/h6-7,9H,1-5,8H2. The SMILES string of the molecule is Fc1cnc(N2CCCC(CCCl)C2)nc1. The fraction of sp³-hybridized carbons (Fsp3) is 0.636. The Hall–Kier alpha value is -0.900. The lowest BCUT2D eigenvalue weighted by atomic mass is 9.96. The Morgan fingerprint density at radius 2 is 2.19 bits per heavy atom. The molecule has 1 fully saturated rings. The molecule has 5 heteroatoms. The first-order chi connectivity index (χ1) is 7.79. The first-order valence-corrected chi connectivity index (χ1v) is 6.11. The average Bonchev–Trinajstić information content (AvgIpc) is 2.31. The fourth-order valence-corrected chi connectivity index (χ4v) is 2.41. The van der Waals surface area contributed by atoms with Crippen molar-refractivity contribution in [2.45, 2.75) is 19.3 Å². The molecular weight excluding hydrogens is 229 g/mol. The van der Waals surface area contributed by atoms with E-state index in [0.29, 0.717) is 17.7 Å². The Morgan fingerprint density at radius 3 is 2.88 bits per heavy atom. The van der Waals surface area contributed by atoms with Crippen LogP contribution in [0.25, 0.3) is 0 Å². The van der Waals surface area contributed by atoms with Crippen LogP contribution in [0.5, 0.6) is 0 Å². The van der Waals surface area contributed by atoms with Crippen LogP contribution in [0.3, 0.4) is 0 Å². The van der Waals surface area contributed by atoms with Gasteiger partial charge in [-0.3, -0.25) is 0 Å². The molecule has 1 aromatic rings. The predicted molar refractivity (Wildman–Crippen MR) is 62.3 cm³/mol. The minimum Gasteiger partial charge on any atom is -0.341 e. The van der Waals surface area contributed by atoms with Gasteiger partial charge in [-0.1, -0.05) is 0 Å². The molecule has 0 bridgehead atoms. The number of hydrogen-bond donors (Lipinski definition) is 0. The van der Waals surface area contributed by atoms with Crippen molar-refractivity contribution < 1.29 is 4.39 Å². The van der Waals surface area contributed by atoms with Crippen molar-refractivity contribution in [3.8, 4) is 0 Å². The van der Waals surface area contributed by atoms with Gasteiger partial charge in [0.1, 0.15) is 0 Å². The molecule has 2 rings (SSSR count). The molecule has 0 saturated carbocycles. The fourth-order valence-electron chi connectivity index (χ4n) is 2.11. The number of hydrogen-bond acceptors (Lipinski definition) is 3. The normalized spacial score (nSPS) is 21.1. The minimum atomic E-state index is -0.391. The third-order valence-electron chi connectivity index (χ3n) is 2.93. The van der Waals surface area contributed by atoms with Gasteiger partial charge in [0.25, 0.3) is 0 Å². The maximum absolute atomic E-state index is 12.7. The van der Waals surface area contributed by atoms with E-state index in [-0.39, 0.29) is 0 Å². The highest BCUT2D eigenvalue weighted by Gasteiger charge is 2.21. The zero-order chi connectivity index (χ0) is 11.4. The number of nitrogens with zero attached hydrogens (tertiary/aromatic N) is 3. The number of anilines is 1. The van der Waals surface area contributed by atoms with Crippen LogP contribution >= 0.6 is 11.6 Å². The van der Waals surface area contributed by atoms with E-state index < -0.39 is 5.82 Å². The largest absolute Gasteiger partial charge is 0.341 e. The van der Waals surface area contributed by atoms with Crippen molar-refractivity contribution in [2.24, 2.45) is 5.92 Å². The minimum absolute atomic E-state index is 0.391. The molecule has 1 saturated heterocycles. The van der Waals surface area contributed by atoms with Gasteiger partial charge >= 0.3 is 0 Å². The number of alkyl halides is 1. The van der Waals surface area contributed by atoms with Crippen LogP contribution in [0.2, 0.25) is 0 Å². The van der Waals surface area contributed by atoms with Crippen molar-refractivity contribution in [2.75, 3.05) is 23.9 Å².